The van der Waals surface area contributed by atoms with Gasteiger partial charge in [-0.1, -0.05) is 23.7 Å². The van der Waals surface area contributed by atoms with Crippen molar-refractivity contribution in [1.29, 1.82) is 0 Å². The van der Waals surface area contributed by atoms with Crippen LogP contribution in [0.4, 0.5) is 0 Å². The van der Waals surface area contributed by atoms with Crippen molar-refractivity contribution < 1.29 is 18.0 Å². The first-order chi connectivity index (χ1) is 16.1. The van der Waals surface area contributed by atoms with Crippen LogP contribution < -0.4 is 4.72 Å². The Morgan fingerprint density at radius 1 is 1.09 bits per heavy atom. The number of hydrogen-bond acceptors (Lipinski definition) is 5. The van der Waals surface area contributed by atoms with Gasteiger partial charge in [-0.15, -0.1) is 0 Å². The van der Waals surface area contributed by atoms with Crippen LogP contribution in [0.3, 0.4) is 0 Å². The van der Waals surface area contributed by atoms with Crippen molar-refractivity contribution in [3.8, 4) is 0 Å². The zero-order valence-corrected chi connectivity index (χ0v) is 21.1. The Labute approximate surface area is 205 Å². The summed E-state index contributed by atoms with van der Waals surface area (Å²) < 4.78 is 28.6. The Kier molecular flexibility index (Phi) is 7.47. The summed E-state index contributed by atoms with van der Waals surface area (Å²) in [5.74, 6) is -0.466. The molecular formula is C24H31ClN4O4S. The molecule has 184 valence electrons. The molecule has 1 N–H and O–H groups in total. The molecule has 0 aromatic heterocycles. The topological polar surface area (TPSA) is 90.0 Å². The summed E-state index contributed by atoms with van der Waals surface area (Å²) in [6.45, 7) is 2.30. The Morgan fingerprint density at radius 2 is 1.76 bits per heavy atom. The number of fused-ring (bicyclic) bond motifs is 1. The molecule has 0 bridgehead atoms. The molecule has 2 aromatic rings. The van der Waals surface area contributed by atoms with E-state index in [2.05, 4.69) is 16.7 Å². The van der Waals surface area contributed by atoms with Gasteiger partial charge in [0.05, 0.1) is 11.4 Å². The van der Waals surface area contributed by atoms with Crippen molar-refractivity contribution in [3.63, 3.8) is 0 Å². The average Bonchev–Trinajstić information content (AvgIpc) is 2.81. The number of carbonyl (C=O) groups is 2. The van der Waals surface area contributed by atoms with Crippen molar-refractivity contribution in [1.82, 2.24) is 19.4 Å². The van der Waals surface area contributed by atoms with E-state index in [-0.39, 0.29) is 29.3 Å². The van der Waals surface area contributed by atoms with E-state index in [4.69, 9.17) is 11.6 Å². The van der Waals surface area contributed by atoms with E-state index in [1.165, 1.54) is 11.0 Å². The zero-order valence-electron chi connectivity index (χ0n) is 19.5. The molecule has 2 fully saturated rings. The normalized spacial score (nSPS) is 20.6. The highest BCUT2D eigenvalue weighted by Gasteiger charge is 2.34. The summed E-state index contributed by atoms with van der Waals surface area (Å²) in [6.07, 6.45) is 2.84. The van der Waals surface area contributed by atoms with Crippen LogP contribution in [-0.4, -0.2) is 87.3 Å². The van der Waals surface area contributed by atoms with Crippen LogP contribution in [-0.2, 0) is 19.6 Å². The van der Waals surface area contributed by atoms with Gasteiger partial charge in [-0.2, -0.15) is 4.72 Å². The minimum Gasteiger partial charge on any atom is -0.341 e. The number of rotatable bonds is 6. The van der Waals surface area contributed by atoms with Crippen molar-refractivity contribution in [2.75, 3.05) is 40.3 Å². The van der Waals surface area contributed by atoms with Gasteiger partial charge < -0.3 is 14.7 Å². The average molecular weight is 507 g/mol. The molecule has 10 heteroatoms. The quantitative estimate of drug-likeness (QED) is 0.649. The van der Waals surface area contributed by atoms with Crippen LogP contribution in [0.25, 0.3) is 10.8 Å². The lowest BCUT2D eigenvalue weighted by Gasteiger charge is -2.37. The summed E-state index contributed by atoms with van der Waals surface area (Å²) >= 11 is 6.01. The van der Waals surface area contributed by atoms with Gasteiger partial charge in [0, 0.05) is 24.7 Å². The monoisotopic (exact) mass is 506 g/mol. The number of halogens is 1. The number of amides is 2. The molecule has 2 aliphatic rings. The summed E-state index contributed by atoms with van der Waals surface area (Å²) in [5, 5.41) is 2.15. The van der Waals surface area contributed by atoms with Crippen molar-refractivity contribution >= 4 is 44.2 Å². The van der Waals surface area contributed by atoms with Gasteiger partial charge in [-0.05, 0) is 80.9 Å². The molecule has 1 atom stereocenters. The van der Waals surface area contributed by atoms with E-state index >= 15 is 0 Å². The highest BCUT2D eigenvalue weighted by molar-refractivity contribution is 7.89. The highest BCUT2D eigenvalue weighted by Crippen LogP contribution is 2.24. The molecule has 34 heavy (non-hydrogen) atoms. The third-order valence-electron chi connectivity index (χ3n) is 6.87. The van der Waals surface area contributed by atoms with Gasteiger partial charge in [0.1, 0.15) is 6.04 Å². The Bertz CT molecular complexity index is 1180. The van der Waals surface area contributed by atoms with Crippen molar-refractivity contribution in [2.45, 2.75) is 42.7 Å². The molecule has 4 rings (SSSR count). The number of sulfonamides is 1. The Morgan fingerprint density at radius 3 is 2.50 bits per heavy atom. The molecule has 2 aliphatic heterocycles. The molecule has 0 spiro atoms. The van der Waals surface area contributed by atoms with Crippen molar-refractivity contribution in [2.24, 2.45) is 0 Å². The molecule has 0 aliphatic carbocycles. The molecule has 0 radical (unpaired) electrons. The first-order valence-electron chi connectivity index (χ1n) is 11.6. The predicted octanol–water partition coefficient (Wildman–Crippen LogP) is 2.32. The molecule has 8 nitrogen and oxygen atoms in total. The lowest BCUT2D eigenvalue weighted by molar-refractivity contribution is -0.143. The maximum atomic E-state index is 13.1. The van der Waals surface area contributed by atoms with E-state index < -0.39 is 16.1 Å². The first-order valence-corrected chi connectivity index (χ1v) is 13.4. The number of likely N-dealkylation sites (N-methyl/N-ethyl adjacent to an activating group) is 1. The van der Waals surface area contributed by atoms with E-state index in [9.17, 15) is 18.0 Å². The number of likely N-dealkylation sites (tertiary alicyclic amines) is 2. The lowest BCUT2D eigenvalue weighted by atomic mass is 10.0. The number of nitrogens with one attached hydrogen (secondary N) is 1. The third-order valence-corrected chi connectivity index (χ3v) is 8.57. The van der Waals surface area contributed by atoms with Crippen LogP contribution in [0, 0.1) is 0 Å². The van der Waals surface area contributed by atoms with E-state index in [1.54, 1.807) is 42.3 Å². The third kappa shape index (κ3) is 5.54. The SMILES string of the molecule is CN1CCC(N(C)C(=O)CN2CCCC(NS(=O)(=O)c3ccc4cc(Cl)ccc4c3)C2=O)CC1. The standard InChI is InChI=1S/C24H31ClN4O4S/c1-27-12-9-20(10-13-27)28(2)23(30)16-29-11-3-4-22(24(29)31)26-34(32,33)21-8-6-17-14-19(25)7-5-18(17)15-21/h5-8,14-15,20,22,26H,3-4,9-13,16H2,1-2H3. The first kappa shape index (κ1) is 24.9. The maximum Gasteiger partial charge on any atom is 0.242 e. The predicted molar refractivity (Wildman–Crippen MR) is 132 cm³/mol. The number of nitrogens with zero attached hydrogens (tertiary/aromatic N) is 3. The molecule has 0 saturated carbocycles. The van der Waals surface area contributed by atoms with Crippen LogP contribution in [0.2, 0.25) is 5.02 Å². The summed E-state index contributed by atoms with van der Waals surface area (Å²) in [5.41, 5.74) is 0. The lowest BCUT2D eigenvalue weighted by Crippen LogP contribution is -2.55. The molecule has 2 aromatic carbocycles. The fourth-order valence-corrected chi connectivity index (χ4v) is 6.12. The molecule has 2 saturated heterocycles. The zero-order chi connectivity index (χ0) is 24.5. The minimum absolute atomic E-state index is 0.0311. The largest absolute Gasteiger partial charge is 0.341 e. The van der Waals surface area contributed by atoms with Gasteiger partial charge in [-0.3, -0.25) is 9.59 Å². The minimum atomic E-state index is -3.92. The van der Waals surface area contributed by atoms with Gasteiger partial charge >= 0.3 is 0 Å². The van der Waals surface area contributed by atoms with Crippen LogP contribution >= 0.6 is 11.6 Å². The number of piperidine rings is 2. The van der Waals surface area contributed by atoms with Gasteiger partial charge in [0.15, 0.2) is 0 Å². The molecule has 2 heterocycles. The van der Waals surface area contributed by atoms with Crippen LogP contribution in [0.15, 0.2) is 41.3 Å². The highest BCUT2D eigenvalue weighted by atomic mass is 35.5. The fourth-order valence-electron chi connectivity index (χ4n) is 4.68. The van der Waals surface area contributed by atoms with E-state index in [1.807, 2.05) is 0 Å². The number of hydrogen-bond donors (Lipinski definition) is 1. The summed E-state index contributed by atoms with van der Waals surface area (Å²) in [6, 6.07) is 9.28. The summed E-state index contributed by atoms with van der Waals surface area (Å²) in [7, 11) is -0.0554. The van der Waals surface area contributed by atoms with Crippen LogP contribution in [0.5, 0.6) is 0 Å². The number of carbonyl (C=O) groups excluding carboxylic acids is 2. The van der Waals surface area contributed by atoms with Gasteiger partial charge in [0.25, 0.3) is 0 Å². The Hall–Kier alpha value is -2.20. The van der Waals surface area contributed by atoms with Crippen molar-refractivity contribution in [3.05, 3.63) is 41.4 Å². The molecular weight excluding hydrogens is 476 g/mol. The molecule has 2 amide bonds. The van der Waals surface area contributed by atoms with E-state index in [0.717, 1.165) is 36.7 Å². The maximum absolute atomic E-state index is 13.1. The van der Waals surface area contributed by atoms with Gasteiger partial charge in [0.2, 0.25) is 21.8 Å². The van der Waals surface area contributed by atoms with Crippen LogP contribution in [0.1, 0.15) is 25.7 Å². The van der Waals surface area contributed by atoms with E-state index in [0.29, 0.717) is 24.4 Å². The fraction of sp³-hybridized carbons (Fsp3) is 0.500. The second-order valence-electron chi connectivity index (χ2n) is 9.27. The Balaban J connectivity index is 1.41. The number of benzene rings is 2. The second-order valence-corrected chi connectivity index (χ2v) is 11.4. The second kappa shape index (κ2) is 10.2. The smallest absolute Gasteiger partial charge is 0.242 e. The molecule has 1 unspecified atom stereocenters. The van der Waals surface area contributed by atoms with Gasteiger partial charge in [-0.25, -0.2) is 8.42 Å². The summed E-state index contributed by atoms with van der Waals surface area (Å²) in [4.78, 5) is 31.5.